The SMILES string of the molecule is CNC(=O)C(CC(C)C)NC(=O)[C@H]1CCC2[C@@H]3CC[C@H]4N(C)C(=S)CC[C@]4(C)[C@H]3CC[C@@]21C. The molecule has 8 atom stereocenters. The number of nitrogens with zero attached hydrogens (tertiary/aromatic N) is 1. The van der Waals surface area contributed by atoms with Gasteiger partial charge in [0.25, 0.3) is 0 Å². The Kier molecular flexibility index (Phi) is 6.90. The second-order valence-electron chi connectivity index (χ2n) is 12.5. The molecule has 4 rings (SSSR count). The van der Waals surface area contributed by atoms with Crippen molar-refractivity contribution in [3.8, 4) is 0 Å². The van der Waals surface area contributed by atoms with Crippen LogP contribution in [-0.2, 0) is 9.59 Å². The number of thiocarbonyl (C=S) groups is 1. The third kappa shape index (κ3) is 4.12. The fourth-order valence-electron chi connectivity index (χ4n) is 8.73. The number of carbonyl (C=O) groups is 2. The zero-order valence-corrected chi connectivity index (χ0v) is 22.4. The molecule has 0 aromatic carbocycles. The zero-order valence-electron chi connectivity index (χ0n) is 21.6. The predicted molar refractivity (Wildman–Crippen MR) is 137 cm³/mol. The Bertz CT molecular complexity index is 800. The highest BCUT2D eigenvalue weighted by Crippen LogP contribution is 2.66. The molecule has 4 fully saturated rings. The predicted octanol–water partition coefficient (Wildman–Crippen LogP) is 4.54. The Balaban J connectivity index is 1.51. The number of fused-ring (bicyclic) bond motifs is 5. The van der Waals surface area contributed by atoms with E-state index >= 15 is 0 Å². The summed E-state index contributed by atoms with van der Waals surface area (Å²) >= 11 is 5.67. The lowest BCUT2D eigenvalue weighted by molar-refractivity contribution is -0.139. The summed E-state index contributed by atoms with van der Waals surface area (Å²) in [7, 11) is 3.87. The van der Waals surface area contributed by atoms with Crippen molar-refractivity contribution in [2.75, 3.05) is 14.1 Å². The van der Waals surface area contributed by atoms with Crippen molar-refractivity contribution in [3.05, 3.63) is 0 Å². The molecule has 2 amide bonds. The van der Waals surface area contributed by atoms with Crippen molar-refractivity contribution >= 4 is 29.0 Å². The molecule has 0 spiro atoms. The summed E-state index contributed by atoms with van der Waals surface area (Å²) in [6, 6.07) is 0.145. The van der Waals surface area contributed by atoms with E-state index in [1.807, 2.05) is 0 Å². The molecule has 1 heterocycles. The molecule has 2 N–H and O–H groups in total. The molecule has 1 aliphatic heterocycles. The minimum Gasteiger partial charge on any atom is -0.366 e. The fourth-order valence-corrected chi connectivity index (χ4v) is 8.96. The lowest BCUT2D eigenvalue weighted by Crippen LogP contribution is -2.61. The number of piperidine rings is 1. The fraction of sp³-hybridized carbons (Fsp3) is 0.889. The normalized spacial score (nSPS) is 41.1. The van der Waals surface area contributed by atoms with Gasteiger partial charge in [-0.2, -0.15) is 0 Å². The highest BCUT2D eigenvalue weighted by Gasteiger charge is 2.61. The van der Waals surface area contributed by atoms with Crippen molar-refractivity contribution in [1.29, 1.82) is 0 Å². The van der Waals surface area contributed by atoms with E-state index in [1.54, 1.807) is 7.05 Å². The van der Waals surface area contributed by atoms with Gasteiger partial charge in [0, 0.05) is 26.1 Å². The Morgan fingerprint density at radius 3 is 2.42 bits per heavy atom. The Morgan fingerprint density at radius 2 is 1.76 bits per heavy atom. The molecule has 0 aromatic rings. The van der Waals surface area contributed by atoms with Gasteiger partial charge in [0.2, 0.25) is 11.8 Å². The molecule has 0 radical (unpaired) electrons. The van der Waals surface area contributed by atoms with Gasteiger partial charge in [-0.3, -0.25) is 9.59 Å². The highest BCUT2D eigenvalue weighted by molar-refractivity contribution is 7.80. The average Bonchev–Trinajstić information content (AvgIpc) is 3.12. The summed E-state index contributed by atoms with van der Waals surface area (Å²) in [5.41, 5.74) is 0.388. The van der Waals surface area contributed by atoms with Gasteiger partial charge < -0.3 is 15.5 Å². The van der Waals surface area contributed by atoms with Gasteiger partial charge >= 0.3 is 0 Å². The van der Waals surface area contributed by atoms with E-state index in [-0.39, 0.29) is 23.1 Å². The molecule has 4 aliphatic rings. The van der Waals surface area contributed by atoms with Crippen LogP contribution < -0.4 is 10.6 Å². The van der Waals surface area contributed by atoms with Crippen molar-refractivity contribution in [1.82, 2.24) is 15.5 Å². The number of amides is 2. The number of likely N-dealkylation sites (N-methyl/N-ethyl adjacent to an activating group) is 1. The zero-order chi connectivity index (χ0) is 24.1. The summed E-state index contributed by atoms with van der Waals surface area (Å²) in [6.07, 6.45) is 9.90. The van der Waals surface area contributed by atoms with E-state index in [0.29, 0.717) is 35.6 Å². The van der Waals surface area contributed by atoms with Crippen molar-refractivity contribution in [2.24, 2.45) is 40.4 Å². The Morgan fingerprint density at radius 1 is 1.06 bits per heavy atom. The summed E-state index contributed by atoms with van der Waals surface area (Å²) in [5, 5.41) is 5.90. The van der Waals surface area contributed by atoms with Crippen molar-refractivity contribution in [3.63, 3.8) is 0 Å². The monoisotopic (exact) mass is 475 g/mol. The van der Waals surface area contributed by atoms with E-state index in [2.05, 4.69) is 50.3 Å². The van der Waals surface area contributed by atoms with Crippen LogP contribution in [0.25, 0.3) is 0 Å². The van der Waals surface area contributed by atoms with Crippen LogP contribution in [-0.4, -0.2) is 47.9 Å². The second kappa shape index (κ2) is 9.13. The summed E-state index contributed by atoms with van der Waals surface area (Å²) in [5.74, 6) is 2.48. The van der Waals surface area contributed by atoms with Crippen LogP contribution >= 0.6 is 12.2 Å². The number of likely N-dealkylation sites (tertiary alicyclic amines) is 1. The van der Waals surface area contributed by atoms with Gasteiger partial charge in [-0.15, -0.1) is 0 Å². The van der Waals surface area contributed by atoms with Gasteiger partial charge in [-0.1, -0.05) is 39.9 Å². The average molecular weight is 476 g/mol. The Hall–Kier alpha value is -1.17. The van der Waals surface area contributed by atoms with Crippen LogP contribution in [0.3, 0.4) is 0 Å². The lowest BCUT2D eigenvalue weighted by Gasteiger charge is -2.62. The van der Waals surface area contributed by atoms with E-state index in [0.717, 1.165) is 36.6 Å². The number of rotatable bonds is 5. The number of carbonyl (C=O) groups excluding carboxylic acids is 2. The van der Waals surface area contributed by atoms with Gasteiger partial charge in [-0.05, 0) is 92.3 Å². The molecule has 3 saturated carbocycles. The van der Waals surface area contributed by atoms with Crippen LogP contribution in [0.5, 0.6) is 0 Å². The first-order valence-electron chi connectivity index (χ1n) is 13.3. The van der Waals surface area contributed by atoms with Crippen LogP contribution in [0.4, 0.5) is 0 Å². The van der Waals surface area contributed by atoms with Gasteiger partial charge in [0.1, 0.15) is 6.04 Å². The molecular formula is C27H45N3O2S. The first-order valence-corrected chi connectivity index (χ1v) is 13.7. The first kappa shape index (κ1) is 24.9. The molecular weight excluding hydrogens is 430 g/mol. The maximum atomic E-state index is 13.5. The molecule has 0 bridgehead atoms. The van der Waals surface area contributed by atoms with E-state index in [4.69, 9.17) is 12.2 Å². The molecule has 3 aliphatic carbocycles. The number of hydrogen-bond donors (Lipinski definition) is 2. The molecule has 0 aromatic heterocycles. The highest BCUT2D eigenvalue weighted by atomic mass is 32.1. The molecule has 1 saturated heterocycles. The lowest BCUT2D eigenvalue weighted by atomic mass is 9.47. The third-order valence-corrected chi connectivity index (χ3v) is 11.0. The van der Waals surface area contributed by atoms with E-state index in [9.17, 15) is 9.59 Å². The van der Waals surface area contributed by atoms with Gasteiger partial charge in [-0.25, -0.2) is 0 Å². The maximum Gasteiger partial charge on any atom is 0.242 e. The molecule has 2 unspecified atom stereocenters. The molecule has 6 heteroatoms. The van der Waals surface area contributed by atoms with Crippen LogP contribution in [0.1, 0.15) is 85.5 Å². The topological polar surface area (TPSA) is 61.4 Å². The Labute approximate surface area is 206 Å². The van der Waals surface area contributed by atoms with Crippen LogP contribution in [0, 0.1) is 40.4 Å². The number of hydrogen-bond acceptors (Lipinski definition) is 3. The molecule has 186 valence electrons. The molecule has 5 nitrogen and oxygen atoms in total. The van der Waals surface area contributed by atoms with Gasteiger partial charge in [0.05, 0.1) is 4.99 Å². The van der Waals surface area contributed by atoms with Crippen LogP contribution in [0.15, 0.2) is 0 Å². The smallest absolute Gasteiger partial charge is 0.242 e. The quantitative estimate of drug-likeness (QED) is 0.573. The van der Waals surface area contributed by atoms with E-state index in [1.165, 1.54) is 25.7 Å². The summed E-state index contributed by atoms with van der Waals surface area (Å²) < 4.78 is 0. The third-order valence-electron chi connectivity index (χ3n) is 10.5. The molecule has 33 heavy (non-hydrogen) atoms. The minimum absolute atomic E-state index is 0.0231. The largest absolute Gasteiger partial charge is 0.366 e. The first-order chi connectivity index (χ1) is 15.5. The summed E-state index contributed by atoms with van der Waals surface area (Å²) in [4.78, 5) is 29.5. The maximum absolute atomic E-state index is 13.5. The second-order valence-corrected chi connectivity index (χ2v) is 12.9. The van der Waals surface area contributed by atoms with Crippen molar-refractivity contribution < 1.29 is 9.59 Å². The minimum atomic E-state index is -0.433. The van der Waals surface area contributed by atoms with Crippen LogP contribution in [0.2, 0.25) is 0 Å². The summed E-state index contributed by atoms with van der Waals surface area (Å²) in [6.45, 7) is 9.12. The van der Waals surface area contributed by atoms with E-state index < -0.39 is 6.04 Å². The van der Waals surface area contributed by atoms with Gasteiger partial charge in [0.15, 0.2) is 0 Å². The standard InChI is InChI=1S/C27H45N3O2S/c1-16(2)15-21(25(32)28-5)29-24(31)20-9-8-18-17-7-10-22-27(4,14-12-23(33)30(22)6)19(17)11-13-26(18,20)3/h16-22H,7-15H2,1-6H3,(H,28,32)(H,29,31)/t17-,18?,19-,20+,21?,22+,26-,27+/m0/s1. The number of nitrogens with one attached hydrogen (secondary N) is 2. The van der Waals surface area contributed by atoms with Crippen molar-refractivity contribution in [2.45, 2.75) is 97.6 Å².